The summed E-state index contributed by atoms with van der Waals surface area (Å²) in [5.41, 5.74) is 0.926. The molecule has 0 saturated carbocycles. The molecule has 1 aromatic heterocycles. The number of esters is 1. The van der Waals surface area contributed by atoms with Crippen molar-refractivity contribution in [2.75, 3.05) is 14.2 Å². The van der Waals surface area contributed by atoms with E-state index in [1.807, 2.05) is 13.8 Å². The Morgan fingerprint density at radius 1 is 1.03 bits per heavy atom. The van der Waals surface area contributed by atoms with Crippen molar-refractivity contribution in [1.29, 1.82) is 0 Å². The van der Waals surface area contributed by atoms with Gasteiger partial charge in [-0.1, -0.05) is 11.6 Å². The van der Waals surface area contributed by atoms with Gasteiger partial charge in [0, 0.05) is 5.56 Å². The van der Waals surface area contributed by atoms with E-state index in [-0.39, 0.29) is 22.6 Å². The molecule has 1 heterocycles. The lowest BCUT2D eigenvalue weighted by Crippen LogP contribution is -2.11. The highest BCUT2D eigenvalue weighted by atomic mass is 35.5. The average molecular weight is 447 g/mol. The van der Waals surface area contributed by atoms with Crippen molar-refractivity contribution in [3.63, 3.8) is 0 Å². The number of rotatable bonds is 8. The van der Waals surface area contributed by atoms with Crippen LogP contribution in [0.5, 0.6) is 17.2 Å². The Balaban J connectivity index is 1.74. The van der Waals surface area contributed by atoms with Gasteiger partial charge in [-0.05, 0) is 57.2 Å². The second kappa shape index (κ2) is 9.70. The molecule has 0 amide bonds. The molecule has 2 aromatic carbocycles. The Morgan fingerprint density at radius 2 is 1.74 bits per heavy atom. The molecule has 0 spiro atoms. The third-order valence-corrected chi connectivity index (χ3v) is 4.51. The first-order valence-electron chi connectivity index (χ1n) is 9.55. The molecule has 8 nitrogen and oxygen atoms in total. The number of ether oxygens (including phenoxy) is 4. The zero-order valence-electron chi connectivity index (χ0n) is 17.8. The van der Waals surface area contributed by atoms with E-state index >= 15 is 0 Å². The Hall–Kier alpha value is -3.26. The van der Waals surface area contributed by atoms with E-state index in [2.05, 4.69) is 10.2 Å². The van der Waals surface area contributed by atoms with Crippen molar-refractivity contribution in [1.82, 2.24) is 10.2 Å². The second-order valence-electron chi connectivity index (χ2n) is 6.88. The second-order valence-corrected chi connectivity index (χ2v) is 7.28. The van der Waals surface area contributed by atoms with E-state index in [9.17, 15) is 4.79 Å². The minimum Gasteiger partial charge on any atom is -0.497 e. The zero-order valence-corrected chi connectivity index (χ0v) is 18.6. The van der Waals surface area contributed by atoms with E-state index in [0.717, 1.165) is 5.56 Å². The summed E-state index contributed by atoms with van der Waals surface area (Å²) in [6.45, 7) is 5.37. The average Bonchev–Trinajstić information content (AvgIpc) is 3.25. The number of aromatic nitrogens is 2. The zero-order chi connectivity index (χ0) is 22.5. The van der Waals surface area contributed by atoms with Crippen LogP contribution in [0.4, 0.5) is 0 Å². The van der Waals surface area contributed by atoms with Gasteiger partial charge in [-0.15, -0.1) is 10.2 Å². The van der Waals surface area contributed by atoms with Gasteiger partial charge in [-0.2, -0.15) is 0 Å². The molecule has 9 heteroatoms. The molecule has 1 atom stereocenters. The first-order valence-corrected chi connectivity index (χ1v) is 9.93. The van der Waals surface area contributed by atoms with Gasteiger partial charge < -0.3 is 23.4 Å². The van der Waals surface area contributed by atoms with Crippen LogP contribution in [0.25, 0.3) is 11.5 Å². The van der Waals surface area contributed by atoms with Crippen LogP contribution >= 0.6 is 11.6 Å². The maximum atomic E-state index is 12.6. The topological polar surface area (TPSA) is 92.9 Å². The molecule has 31 heavy (non-hydrogen) atoms. The van der Waals surface area contributed by atoms with Crippen LogP contribution in [0.3, 0.4) is 0 Å². The van der Waals surface area contributed by atoms with Crippen LogP contribution in [0.2, 0.25) is 5.02 Å². The number of methoxy groups -OCH3 is 2. The van der Waals surface area contributed by atoms with E-state index in [4.69, 9.17) is 35.0 Å². The number of hydrogen-bond donors (Lipinski definition) is 0. The molecule has 0 bridgehead atoms. The van der Waals surface area contributed by atoms with E-state index in [0.29, 0.717) is 23.1 Å². The molecular weight excluding hydrogens is 424 g/mol. The third-order valence-electron chi connectivity index (χ3n) is 4.23. The van der Waals surface area contributed by atoms with Gasteiger partial charge in [0.2, 0.25) is 5.89 Å². The van der Waals surface area contributed by atoms with Crippen molar-refractivity contribution >= 4 is 17.6 Å². The maximum absolute atomic E-state index is 12.6. The molecule has 0 N–H and O–H groups in total. The smallest absolute Gasteiger partial charge is 0.339 e. The summed E-state index contributed by atoms with van der Waals surface area (Å²) >= 11 is 6.29. The fraction of sp³-hybridized carbons (Fsp3) is 0.318. The quantitative estimate of drug-likeness (QED) is 0.440. The fourth-order valence-corrected chi connectivity index (χ4v) is 2.97. The number of benzene rings is 2. The fourth-order valence-electron chi connectivity index (χ4n) is 2.72. The van der Waals surface area contributed by atoms with Gasteiger partial charge in [0.1, 0.15) is 5.75 Å². The van der Waals surface area contributed by atoms with Crippen LogP contribution in [0.15, 0.2) is 40.8 Å². The van der Waals surface area contributed by atoms with Crippen molar-refractivity contribution < 1.29 is 28.2 Å². The van der Waals surface area contributed by atoms with Crippen LogP contribution in [-0.4, -0.2) is 36.5 Å². The maximum Gasteiger partial charge on any atom is 0.339 e. The highest BCUT2D eigenvalue weighted by Crippen LogP contribution is 2.37. The van der Waals surface area contributed by atoms with Gasteiger partial charge in [-0.3, -0.25) is 0 Å². The molecule has 164 valence electrons. The Morgan fingerprint density at radius 3 is 2.35 bits per heavy atom. The molecule has 0 aliphatic carbocycles. The number of halogens is 1. The molecule has 0 aliphatic rings. The first kappa shape index (κ1) is 22.4. The van der Waals surface area contributed by atoms with Crippen molar-refractivity contribution in [2.24, 2.45) is 0 Å². The molecule has 0 aliphatic heterocycles. The third kappa shape index (κ3) is 5.27. The summed E-state index contributed by atoms with van der Waals surface area (Å²) < 4.78 is 27.2. The predicted octanol–water partition coefficient (Wildman–Crippen LogP) is 5.11. The van der Waals surface area contributed by atoms with Crippen LogP contribution in [0, 0.1) is 0 Å². The van der Waals surface area contributed by atoms with Gasteiger partial charge in [-0.25, -0.2) is 4.79 Å². The number of hydrogen-bond acceptors (Lipinski definition) is 8. The Kier molecular flexibility index (Phi) is 7.02. The van der Waals surface area contributed by atoms with Gasteiger partial charge in [0.15, 0.2) is 17.6 Å². The van der Waals surface area contributed by atoms with Gasteiger partial charge >= 0.3 is 5.97 Å². The van der Waals surface area contributed by atoms with Crippen molar-refractivity contribution in [2.45, 2.75) is 33.0 Å². The molecule has 3 rings (SSSR count). The van der Waals surface area contributed by atoms with E-state index in [1.54, 1.807) is 38.3 Å². The lowest BCUT2D eigenvalue weighted by atomic mass is 10.2. The lowest BCUT2D eigenvalue weighted by molar-refractivity contribution is 0.0279. The molecule has 0 saturated heterocycles. The van der Waals surface area contributed by atoms with E-state index < -0.39 is 12.1 Å². The highest BCUT2D eigenvalue weighted by Gasteiger charge is 2.23. The molecule has 0 radical (unpaired) electrons. The minimum absolute atomic E-state index is 0.110. The van der Waals surface area contributed by atoms with Crippen LogP contribution < -0.4 is 14.2 Å². The number of nitrogens with zero attached hydrogens (tertiary/aromatic N) is 2. The molecule has 3 aromatic rings. The summed E-state index contributed by atoms with van der Waals surface area (Å²) in [7, 11) is 3.05. The summed E-state index contributed by atoms with van der Waals surface area (Å²) in [5.74, 6) is 1.26. The summed E-state index contributed by atoms with van der Waals surface area (Å²) in [6.07, 6.45) is -0.884. The van der Waals surface area contributed by atoms with Crippen LogP contribution in [-0.2, 0) is 4.74 Å². The standard InChI is InChI=1S/C22H23ClN2O6/c1-12(2)29-19-17(23)10-15(11-18(19)28-5)22(26)30-13(3)20-24-25-21(31-20)14-6-8-16(27-4)9-7-14/h6-13H,1-5H3. The number of carbonyl (C=O) groups excluding carboxylic acids is 1. The van der Waals surface area contributed by atoms with Crippen molar-refractivity contribution in [3.05, 3.63) is 52.9 Å². The van der Waals surface area contributed by atoms with Crippen LogP contribution in [0.1, 0.15) is 43.1 Å². The predicted molar refractivity (Wildman–Crippen MR) is 114 cm³/mol. The van der Waals surface area contributed by atoms with Crippen molar-refractivity contribution in [3.8, 4) is 28.7 Å². The molecular formula is C22H23ClN2O6. The first-order chi connectivity index (χ1) is 14.8. The summed E-state index contributed by atoms with van der Waals surface area (Å²) in [4.78, 5) is 12.6. The monoisotopic (exact) mass is 446 g/mol. The minimum atomic E-state index is -0.775. The number of carbonyl (C=O) groups is 1. The molecule has 1 unspecified atom stereocenters. The Labute approximate surface area is 185 Å². The SMILES string of the molecule is COc1ccc(-c2nnc(C(C)OC(=O)c3cc(Cl)c(OC(C)C)c(OC)c3)o2)cc1. The highest BCUT2D eigenvalue weighted by molar-refractivity contribution is 6.32. The van der Waals surface area contributed by atoms with E-state index in [1.165, 1.54) is 19.2 Å². The van der Waals surface area contributed by atoms with Gasteiger partial charge in [0.25, 0.3) is 5.89 Å². The van der Waals surface area contributed by atoms with Gasteiger partial charge in [0.05, 0.1) is 30.9 Å². The summed E-state index contributed by atoms with van der Waals surface area (Å²) in [6, 6.07) is 10.1. The lowest BCUT2D eigenvalue weighted by Gasteiger charge is -2.16. The summed E-state index contributed by atoms with van der Waals surface area (Å²) in [5, 5.41) is 8.24. The normalized spacial score (nSPS) is 11.8. The Bertz CT molecular complexity index is 1050. The largest absolute Gasteiger partial charge is 0.497 e. The molecule has 0 fully saturated rings.